The van der Waals surface area contributed by atoms with Gasteiger partial charge in [-0.15, -0.1) is 0 Å². The molecule has 0 radical (unpaired) electrons. The molecular formula is C53H36N4S. The van der Waals surface area contributed by atoms with E-state index in [2.05, 4.69) is 202 Å². The van der Waals surface area contributed by atoms with E-state index in [-0.39, 0.29) is 7.43 Å². The monoisotopic (exact) mass is 760 g/mol. The quantitative estimate of drug-likeness (QED) is 0.179. The first-order valence-corrected chi connectivity index (χ1v) is 20.3. The van der Waals surface area contributed by atoms with Crippen LogP contribution in [0, 0.1) is 0 Å². The van der Waals surface area contributed by atoms with Crippen LogP contribution in [0.2, 0.25) is 0 Å². The van der Waals surface area contributed by atoms with Gasteiger partial charge in [-0.25, -0.2) is 4.68 Å². The lowest BCUT2D eigenvalue weighted by atomic mass is 9.77. The molecule has 0 aliphatic carbocycles. The third-order valence-corrected chi connectivity index (χ3v) is 13.5. The number of benzene rings is 8. The highest BCUT2D eigenvalue weighted by Crippen LogP contribution is 2.58. The molecule has 58 heavy (non-hydrogen) atoms. The predicted molar refractivity (Wildman–Crippen MR) is 241 cm³/mol. The Morgan fingerprint density at radius 2 is 0.983 bits per heavy atom. The van der Waals surface area contributed by atoms with Crippen LogP contribution in [0.15, 0.2) is 204 Å². The van der Waals surface area contributed by atoms with Gasteiger partial charge < -0.3 is 9.13 Å². The summed E-state index contributed by atoms with van der Waals surface area (Å²) in [7, 11) is 0. The molecule has 5 heterocycles. The fraction of sp³-hybridized carbons (Fsp3) is 0.0377. The van der Waals surface area contributed by atoms with Crippen molar-refractivity contribution in [1.82, 2.24) is 18.9 Å². The van der Waals surface area contributed by atoms with E-state index in [4.69, 9.17) is 5.10 Å². The third-order valence-electron chi connectivity index (χ3n) is 12.4. The van der Waals surface area contributed by atoms with Crippen molar-refractivity contribution in [3.8, 4) is 33.8 Å². The van der Waals surface area contributed by atoms with Gasteiger partial charge in [0.15, 0.2) is 0 Å². The van der Waals surface area contributed by atoms with E-state index in [0.29, 0.717) is 0 Å². The van der Waals surface area contributed by atoms with Gasteiger partial charge in [-0.2, -0.15) is 5.10 Å². The highest BCUT2D eigenvalue weighted by atomic mass is 32.2. The molecular weight excluding hydrogens is 725 g/mol. The van der Waals surface area contributed by atoms with Crippen LogP contribution in [0.3, 0.4) is 0 Å². The molecule has 0 N–H and O–H groups in total. The number of para-hydroxylation sites is 3. The van der Waals surface area contributed by atoms with Gasteiger partial charge in [-0.3, -0.25) is 0 Å². The van der Waals surface area contributed by atoms with Gasteiger partial charge in [0.25, 0.3) is 0 Å². The van der Waals surface area contributed by atoms with Crippen molar-refractivity contribution in [2.45, 2.75) is 22.8 Å². The molecule has 2 aliphatic rings. The molecule has 5 heteroatoms. The van der Waals surface area contributed by atoms with Gasteiger partial charge in [-0.1, -0.05) is 128 Å². The standard InChI is InChI=1S/C52H32N4S.CH4/c1-2-12-35(13-3-1)54-45-19-9-5-14-37(45)40-30-33(22-25-47(40)54)34-23-26-48-41(31-34)38-15-6-10-20-46(38)55(48)36-24-27-51-44(32-36)52(43-18-8-11-21-50(43)57-51)42-17-7-4-16-39(42)49-28-29-53-56(49)52;/h1-32H;1H4. The molecule has 0 saturated carbocycles. The number of fused-ring (bicyclic) bond motifs is 15. The Hall–Kier alpha value is -7.08. The minimum Gasteiger partial charge on any atom is -0.309 e. The van der Waals surface area contributed by atoms with Gasteiger partial charge in [0.2, 0.25) is 0 Å². The molecule has 4 nitrogen and oxygen atoms in total. The van der Waals surface area contributed by atoms with Crippen molar-refractivity contribution < 1.29 is 0 Å². The van der Waals surface area contributed by atoms with E-state index in [1.54, 1.807) is 0 Å². The molecule has 0 fully saturated rings. The maximum Gasteiger partial charge on any atom is 0.141 e. The smallest absolute Gasteiger partial charge is 0.141 e. The number of hydrogen-bond acceptors (Lipinski definition) is 2. The van der Waals surface area contributed by atoms with Gasteiger partial charge >= 0.3 is 0 Å². The molecule has 3 aromatic heterocycles. The summed E-state index contributed by atoms with van der Waals surface area (Å²) in [6.07, 6.45) is 1.95. The molecule has 274 valence electrons. The Bertz CT molecular complexity index is 3460. The third kappa shape index (κ3) is 4.28. The summed E-state index contributed by atoms with van der Waals surface area (Å²) < 4.78 is 7.10. The van der Waals surface area contributed by atoms with Crippen LogP contribution in [0.1, 0.15) is 24.1 Å². The Morgan fingerprint density at radius 1 is 0.414 bits per heavy atom. The minimum atomic E-state index is -0.586. The van der Waals surface area contributed by atoms with Gasteiger partial charge in [0.05, 0.1) is 27.8 Å². The fourth-order valence-corrected chi connectivity index (χ4v) is 11.2. The predicted octanol–water partition coefficient (Wildman–Crippen LogP) is 13.7. The van der Waals surface area contributed by atoms with Crippen molar-refractivity contribution in [2.75, 3.05) is 0 Å². The maximum atomic E-state index is 5.07. The van der Waals surface area contributed by atoms with Crippen molar-refractivity contribution in [2.24, 2.45) is 0 Å². The van der Waals surface area contributed by atoms with Crippen molar-refractivity contribution in [3.63, 3.8) is 0 Å². The van der Waals surface area contributed by atoms with Gasteiger partial charge in [0, 0.05) is 65.6 Å². The van der Waals surface area contributed by atoms with Gasteiger partial charge in [-0.05, 0) is 95.6 Å². The second-order valence-corrected chi connectivity index (χ2v) is 16.3. The number of rotatable bonds is 3. The summed E-state index contributed by atoms with van der Waals surface area (Å²) in [6.45, 7) is 0. The Balaban J connectivity index is 0.00000366. The topological polar surface area (TPSA) is 27.7 Å². The zero-order valence-electron chi connectivity index (χ0n) is 30.7. The average Bonchev–Trinajstić information content (AvgIpc) is 4.03. The lowest BCUT2D eigenvalue weighted by Crippen LogP contribution is -2.38. The van der Waals surface area contributed by atoms with E-state index in [0.717, 1.165) is 11.4 Å². The average molecular weight is 761 g/mol. The van der Waals surface area contributed by atoms with Crippen molar-refractivity contribution >= 4 is 55.4 Å². The Labute approximate surface area is 340 Å². The van der Waals surface area contributed by atoms with Crippen molar-refractivity contribution in [3.05, 3.63) is 211 Å². The molecule has 0 saturated heterocycles. The lowest BCUT2D eigenvalue weighted by Gasteiger charge is -2.39. The second-order valence-electron chi connectivity index (χ2n) is 15.2. The van der Waals surface area contributed by atoms with Crippen LogP contribution in [0.4, 0.5) is 0 Å². The minimum absolute atomic E-state index is 0. The van der Waals surface area contributed by atoms with Crippen LogP contribution in [-0.2, 0) is 5.54 Å². The summed E-state index contributed by atoms with van der Waals surface area (Å²) in [5.41, 5.74) is 15.1. The first-order valence-electron chi connectivity index (χ1n) is 19.5. The SMILES string of the molecule is C.c1ccc(-n2c3ccccc3c3cc(-c4ccc5c(c4)c4ccccc4n5-c4ccc5c(c4)C4(c6ccccc6S5)c5ccccc5-c5ccnn54)ccc32)cc1. The number of aromatic nitrogens is 4. The van der Waals surface area contributed by atoms with Gasteiger partial charge in [0.1, 0.15) is 5.54 Å². The lowest BCUT2D eigenvalue weighted by molar-refractivity contribution is 0.467. The number of nitrogens with zero attached hydrogens (tertiary/aromatic N) is 4. The summed E-state index contributed by atoms with van der Waals surface area (Å²) in [5.74, 6) is 0. The zero-order chi connectivity index (χ0) is 37.2. The fourth-order valence-electron chi connectivity index (χ4n) is 10.0. The largest absolute Gasteiger partial charge is 0.309 e. The highest BCUT2D eigenvalue weighted by Gasteiger charge is 2.51. The summed E-state index contributed by atoms with van der Waals surface area (Å²) >= 11 is 1.86. The molecule has 0 amide bonds. The second kappa shape index (κ2) is 12.2. The summed E-state index contributed by atoms with van der Waals surface area (Å²) in [6, 6.07) is 69.1. The van der Waals surface area contributed by atoms with Crippen LogP contribution in [0.5, 0.6) is 0 Å². The molecule has 1 unspecified atom stereocenters. The zero-order valence-corrected chi connectivity index (χ0v) is 31.5. The molecule has 13 rings (SSSR count). The first kappa shape index (κ1) is 33.1. The van der Waals surface area contributed by atoms with Crippen LogP contribution >= 0.6 is 11.8 Å². The Kier molecular flexibility index (Phi) is 6.97. The summed E-state index contributed by atoms with van der Waals surface area (Å²) in [5, 5.41) is 10.1. The van der Waals surface area contributed by atoms with E-state index in [1.807, 2.05) is 18.0 Å². The highest BCUT2D eigenvalue weighted by molar-refractivity contribution is 7.99. The van der Waals surface area contributed by atoms with E-state index in [1.165, 1.54) is 92.5 Å². The van der Waals surface area contributed by atoms with Crippen molar-refractivity contribution in [1.29, 1.82) is 0 Å². The molecule has 1 spiro atoms. The molecule has 0 bridgehead atoms. The van der Waals surface area contributed by atoms with E-state index in [9.17, 15) is 0 Å². The van der Waals surface area contributed by atoms with Crippen LogP contribution < -0.4 is 0 Å². The van der Waals surface area contributed by atoms with E-state index < -0.39 is 5.54 Å². The maximum absolute atomic E-state index is 5.07. The first-order chi connectivity index (χ1) is 28.3. The molecule has 11 aromatic rings. The molecule has 1 atom stereocenters. The summed E-state index contributed by atoms with van der Waals surface area (Å²) in [4.78, 5) is 2.52. The number of hydrogen-bond donors (Lipinski definition) is 0. The van der Waals surface area contributed by atoms with E-state index >= 15 is 0 Å². The van der Waals surface area contributed by atoms with Crippen LogP contribution in [-0.4, -0.2) is 18.9 Å². The Morgan fingerprint density at radius 3 is 1.71 bits per heavy atom. The normalized spacial score (nSPS) is 15.1. The molecule has 2 aliphatic heterocycles. The van der Waals surface area contributed by atoms with Crippen LogP contribution in [0.25, 0.3) is 77.4 Å². The molecule has 8 aromatic carbocycles.